The van der Waals surface area contributed by atoms with Crippen LogP contribution < -0.4 is 5.73 Å². The number of hydrogen-bond donors (Lipinski definition) is 1. The van der Waals surface area contributed by atoms with Crippen molar-refractivity contribution in [2.24, 2.45) is 5.73 Å². The van der Waals surface area contributed by atoms with E-state index in [1.165, 1.54) is 18.2 Å². The van der Waals surface area contributed by atoms with Gasteiger partial charge in [0.2, 0.25) is 0 Å². The number of carbonyl (C=O) groups is 2. The van der Waals surface area contributed by atoms with Crippen molar-refractivity contribution in [3.05, 3.63) is 29.6 Å². The third-order valence-corrected chi connectivity index (χ3v) is 1.65. The van der Waals surface area contributed by atoms with Crippen LogP contribution in [0.3, 0.4) is 0 Å². The summed E-state index contributed by atoms with van der Waals surface area (Å²) in [5.41, 5.74) is 5.18. The Balaban J connectivity index is 2.81. The van der Waals surface area contributed by atoms with Gasteiger partial charge in [-0.3, -0.25) is 4.79 Å². The van der Waals surface area contributed by atoms with Crippen molar-refractivity contribution in [2.75, 3.05) is 6.61 Å². The van der Waals surface area contributed by atoms with E-state index in [1.807, 2.05) is 6.92 Å². The topological polar surface area (TPSA) is 82.3 Å². The maximum absolute atomic E-state index is 11.3. The zero-order valence-electron chi connectivity index (χ0n) is 8.40. The van der Waals surface area contributed by atoms with Gasteiger partial charge in [0.05, 0.1) is 6.61 Å². The van der Waals surface area contributed by atoms with Crippen molar-refractivity contribution in [1.29, 1.82) is 0 Å². The average molecular weight is 208 g/mol. The van der Waals surface area contributed by atoms with Gasteiger partial charge in [-0.05, 0) is 18.6 Å². The summed E-state index contributed by atoms with van der Waals surface area (Å²) in [6.45, 7) is 2.22. The molecule has 5 nitrogen and oxygen atoms in total. The highest BCUT2D eigenvalue weighted by Crippen LogP contribution is 2.01. The molecule has 1 heterocycles. The van der Waals surface area contributed by atoms with Crippen LogP contribution in [-0.2, 0) is 4.74 Å². The lowest BCUT2D eigenvalue weighted by Crippen LogP contribution is -2.16. The molecule has 0 atom stereocenters. The van der Waals surface area contributed by atoms with Crippen LogP contribution in [-0.4, -0.2) is 23.5 Å². The maximum Gasteiger partial charge on any atom is 0.356 e. The number of esters is 1. The Labute approximate surface area is 87.3 Å². The summed E-state index contributed by atoms with van der Waals surface area (Å²) in [4.78, 5) is 25.9. The van der Waals surface area contributed by atoms with Crippen molar-refractivity contribution >= 4 is 11.9 Å². The van der Waals surface area contributed by atoms with Crippen molar-refractivity contribution in [2.45, 2.75) is 13.3 Å². The summed E-state index contributed by atoms with van der Waals surface area (Å²) in [6.07, 6.45) is 0.737. The standard InChI is InChI=1S/C10H12N2O3/c1-2-6-15-10(14)8-5-3-4-7(12-8)9(11)13/h3-5H,2,6H2,1H3,(H2,11,13). The molecule has 1 aromatic heterocycles. The van der Waals surface area contributed by atoms with E-state index >= 15 is 0 Å². The summed E-state index contributed by atoms with van der Waals surface area (Å²) in [7, 11) is 0. The molecule has 1 amide bonds. The first-order chi connectivity index (χ1) is 7.15. The normalized spacial score (nSPS) is 9.67. The monoisotopic (exact) mass is 208 g/mol. The fraction of sp³-hybridized carbons (Fsp3) is 0.300. The fourth-order valence-corrected chi connectivity index (χ4v) is 0.954. The summed E-state index contributed by atoms with van der Waals surface area (Å²) < 4.78 is 4.86. The second-order valence-electron chi connectivity index (χ2n) is 2.91. The van der Waals surface area contributed by atoms with E-state index in [0.29, 0.717) is 6.61 Å². The van der Waals surface area contributed by atoms with Gasteiger partial charge in [-0.15, -0.1) is 0 Å². The van der Waals surface area contributed by atoms with Gasteiger partial charge in [0.15, 0.2) is 0 Å². The maximum atomic E-state index is 11.3. The van der Waals surface area contributed by atoms with Crippen LogP contribution >= 0.6 is 0 Å². The number of nitrogens with zero attached hydrogens (tertiary/aromatic N) is 1. The Morgan fingerprint density at radius 2 is 2.07 bits per heavy atom. The third-order valence-electron chi connectivity index (χ3n) is 1.65. The van der Waals surface area contributed by atoms with Gasteiger partial charge in [-0.25, -0.2) is 9.78 Å². The number of carbonyl (C=O) groups excluding carboxylic acids is 2. The average Bonchev–Trinajstić information content (AvgIpc) is 2.26. The molecule has 5 heteroatoms. The second kappa shape index (κ2) is 5.09. The molecule has 15 heavy (non-hydrogen) atoms. The van der Waals surface area contributed by atoms with Crippen molar-refractivity contribution < 1.29 is 14.3 Å². The molecule has 0 aliphatic rings. The smallest absolute Gasteiger partial charge is 0.356 e. The third kappa shape index (κ3) is 3.05. The molecule has 80 valence electrons. The Kier molecular flexibility index (Phi) is 3.79. The van der Waals surface area contributed by atoms with Gasteiger partial charge in [0.1, 0.15) is 11.4 Å². The molecular weight excluding hydrogens is 196 g/mol. The molecule has 1 aromatic rings. The molecular formula is C10H12N2O3. The van der Waals surface area contributed by atoms with Gasteiger partial charge in [0.25, 0.3) is 5.91 Å². The molecule has 0 bridgehead atoms. The molecule has 0 spiro atoms. The highest BCUT2D eigenvalue weighted by atomic mass is 16.5. The number of pyridine rings is 1. The van der Waals surface area contributed by atoms with Crippen LogP contribution in [0.2, 0.25) is 0 Å². The molecule has 0 unspecified atom stereocenters. The van der Waals surface area contributed by atoms with E-state index in [1.54, 1.807) is 0 Å². The van der Waals surface area contributed by atoms with E-state index < -0.39 is 11.9 Å². The predicted octanol–water partition coefficient (Wildman–Crippen LogP) is 0.747. The Morgan fingerprint density at radius 1 is 1.40 bits per heavy atom. The van der Waals surface area contributed by atoms with Gasteiger partial charge in [-0.2, -0.15) is 0 Å². The summed E-state index contributed by atoms with van der Waals surface area (Å²) in [6, 6.07) is 4.46. The number of hydrogen-bond acceptors (Lipinski definition) is 4. The van der Waals surface area contributed by atoms with Gasteiger partial charge in [-0.1, -0.05) is 13.0 Å². The lowest BCUT2D eigenvalue weighted by Gasteiger charge is -2.02. The van der Waals surface area contributed by atoms with Crippen LogP contribution in [0.5, 0.6) is 0 Å². The quantitative estimate of drug-likeness (QED) is 0.740. The number of amides is 1. The van der Waals surface area contributed by atoms with Crippen LogP contribution in [0.25, 0.3) is 0 Å². The minimum atomic E-state index is -0.667. The van der Waals surface area contributed by atoms with Gasteiger partial charge >= 0.3 is 5.97 Å². The zero-order valence-corrected chi connectivity index (χ0v) is 8.40. The van der Waals surface area contributed by atoms with Crippen LogP contribution in [0.1, 0.15) is 34.3 Å². The van der Waals surface area contributed by atoms with E-state index in [9.17, 15) is 9.59 Å². The Bertz CT molecular complexity index is 377. The van der Waals surface area contributed by atoms with Crippen LogP contribution in [0, 0.1) is 0 Å². The van der Waals surface area contributed by atoms with Crippen molar-refractivity contribution in [1.82, 2.24) is 4.98 Å². The number of primary amides is 1. The molecule has 1 rings (SSSR count). The molecule has 0 saturated carbocycles. The number of aromatic nitrogens is 1. The number of nitrogens with two attached hydrogens (primary N) is 1. The second-order valence-corrected chi connectivity index (χ2v) is 2.91. The van der Waals surface area contributed by atoms with Crippen LogP contribution in [0.4, 0.5) is 0 Å². The SMILES string of the molecule is CCCOC(=O)c1cccc(C(N)=O)n1. The lowest BCUT2D eigenvalue weighted by atomic mass is 10.3. The number of rotatable bonds is 4. The summed E-state index contributed by atoms with van der Waals surface area (Å²) in [5, 5.41) is 0. The van der Waals surface area contributed by atoms with E-state index in [-0.39, 0.29) is 11.4 Å². The fourth-order valence-electron chi connectivity index (χ4n) is 0.954. The summed E-state index contributed by atoms with van der Waals surface area (Å²) >= 11 is 0. The van der Waals surface area contributed by atoms with Crippen molar-refractivity contribution in [3.63, 3.8) is 0 Å². The first-order valence-corrected chi connectivity index (χ1v) is 4.59. The largest absolute Gasteiger partial charge is 0.461 e. The van der Waals surface area contributed by atoms with Crippen LogP contribution in [0.15, 0.2) is 18.2 Å². The number of ether oxygens (including phenoxy) is 1. The highest BCUT2D eigenvalue weighted by molar-refractivity contribution is 5.93. The summed E-state index contributed by atoms with van der Waals surface area (Å²) in [5.74, 6) is -1.21. The van der Waals surface area contributed by atoms with Gasteiger partial charge in [0, 0.05) is 0 Å². The van der Waals surface area contributed by atoms with Crippen molar-refractivity contribution in [3.8, 4) is 0 Å². The minimum Gasteiger partial charge on any atom is -0.461 e. The predicted molar refractivity (Wildman–Crippen MR) is 53.3 cm³/mol. The lowest BCUT2D eigenvalue weighted by molar-refractivity contribution is 0.0498. The van der Waals surface area contributed by atoms with Gasteiger partial charge < -0.3 is 10.5 Å². The molecule has 0 radical (unpaired) electrons. The molecule has 0 aliphatic carbocycles. The highest BCUT2D eigenvalue weighted by Gasteiger charge is 2.10. The zero-order chi connectivity index (χ0) is 11.3. The Hall–Kier alpha value is -1.91. The Morgan fingerprint density at radius 3 is 2.67 bits per heavy atom. The molecule has 0 aromatic carbocycles. The minimum absolute atomic E-state index is 0.0564. The van der Waals surface area contributed by atoms with E-state index in [0.717, 1.165) is 6.42 Å². The molecule has 0 saturated heterocycles. The molecule has 0 fully saturated rings. The first kappa shape index (κ1) is 11.2. The molecule has 0 aliphatic heterocycles. The first-order valence-electron chi connectivity index (χ1n) is 4.59. The molecule has 2 N–H and O–H groups in total. The van der Waals surface area contributed by atoms with E-state index in [2.05, 4.69) is 4.98 Å². The van der Waals surface area contributed by atoms with E-state index in [4.69, 9.17) is 10.5 Å².